The third-order valence-corrected chi connectivity index (χ3v) is 2.97. The van der Waals surface area contributed by atoms with Gasteiger partial charge in [0.2, 0.25) is 5.95 Å². The molecule has 0 unspecified atom stereocenters. The Hall–Kier alpha value is -2.76. The fraction of sp³-hybridized carbons (Fsp3) is 0.143. The van der Waals surface area contributed by atoms with Crippen LogP contribution in [0.15, 0.2) is 42.7 Å². The van der Waals surface area contributed by atoms with Gasteiger partial charge in [-0.05, 0) is 18.1 Å². The van der Waals surface area contributed by atoms with Crippen LogP contribution >= 0.6 is 0 Å². The maximum atomic E-state index is 5.76. The number of hydrogen-bond donors (Lipinski definition) is 1. The Labute approximate surface area is 116 Å². The van der Waals surface area contributed by atoms with Crippen LogP contribution in [0.25, 0.3) is 17.3 Å². The van der Waals surface area contributed by atoms with Crippen molar-refractivity contribution in [3.8, 4) is 17.3 Å². The molecule has 100 valence electrons. The van der Waals surface area contributed by atoms with E-state index in [4.69, 9.17) is 5.73 Å². The van der Waals surface area contributed by atoms with E-state index in [0.717, 1.165) is 12.0 Å². The summed E-state index contributed by atoms with van der Waals surface area (Å²) < 4.78 is 1.56. The summed E-state index contributed by atoms with van der Waals surface area (Å²) >= 11 is 0. The first-order valence-corrected chi connectivity index (χ1v) is 6.37. The minimum Gasteiger partial charge on any atom is -0.368 e. The van der Waals surface area contributed by atoms with E-state index in [9.17, 15) is 0 Å². The average Bonchev–Trinajstić information content (AvgIpc) is 3.01. The van der Waals surface area contributed by atoms with Crippen molar-refractivity contribution < 1.29 is 0 Å². The van der Waals surface area contributed by atoms with Crippen molar-refractivity contribution in [2.45, 2.75) is 13.3 Å². The van der Waals surface area contributed by atoms with Gasteiger partial charge in [0.1, 0.15) is 0 Å². The van der Waals surface area contributed by atoms with Crippen LogP contribution in [0.5, 0.6) is 0 Å². The molecule has 20 heavy (non-hydrogen) atoms. The second kappa shape index (κ2) is 5.08. The maximum absolute atomic E-state index is 5.76. The summed E-state index contributed by atoms with van der Waals surface area (Å²) in [6, 6.07) is 9.89. The van der Waals surface area contributed by atoms with E-state index in [1.54, 1.807) is 23.1 Å². The molecule has 0 radical (unpaired) electrons. The fourth-order valence-corrected chi connectivity index (χ4v) is 1.89. The second-order valence-corrected chi connectivity index (χ2v) is 4.32. The second-order valence-electron chi connectivity index (χ2n) is 4.32. The van der Waals surface area contributed by atoms with Crippen LogP contribution in [0.2, 0.25) is 0 Å². The molecular formula is C14H14N6. The van der Waals surface area contributed by atoms with E-state index in [1.807, 2.05) is 12.1 Å². The standard InChI is InChI=1S/C14H14N6/c1-2-10-4-6-11(7-5-10)12-17-13(15)19-14(18-12)20-9-3-8-16-20/h3-9H,2H2,1H3,(H2,15,17,18,19). The molecule has 3 rings (SSSR count). The number of rotatable bonds is 3. The highest BCUT2D eigenvalue weighted by atomic mass is 15.4. The lowest BCUT2D eigenvalue weighted by Crippen LogP contribution is -2.07. The van der Waals surface area contributed by atoms with Gasteiger partial charge < -0.3 is 5.73 Å². The number of nitrogens with zero attached hydrogens (tertiary/aromatic N) is 5. The Bertz CT molecular complexity index is 703. The third-order valence-electron chi connectivity index (χ3n) is 2.97. The lowest BCUT2D eigenvalue weighted by molar-refractivity contribution is 0.801. The van der Waals surface area contributed by atoms with E-state index in [-0.39, 0.29) is 5.95 Å². The number of aromatic nitrogens is 5. The highest BCUT2D eigenvalue weighted by molar-refractivity contribution is 5.57. The van der Waals surface area contributed by atoms with E-state index in [2.05, 4.69) is 39.1 Å². The molecule has 0 aliphatic rings. The van der Waals surface area contributed by atoms with Crippen molar-refractivity contribution in [2.75, 3.05) is 5.73 Å². The number of hydrogen-bond acceptors (Lipinski definition) is 5. The number of nitrogens with two attached hydrogens (primary N) is 1. The number of aryl methyl sites for hydroxylation is 1. The van der Waals surface area contributed by atoms with Crippen LogP contribution in [0.4, 0.5) is 5.95 Å². The van der Waals surface area contributed by atoms with Gasteiger partial charge >= 0.3 is 0 Å². The smallest absolute Gasteiger partial charge is 0.255 e. The summed E-state index contributed by atoms with van der Waals surface area (Å²) in [5.41, 5.74) is 7.93. The van der Waals surface area contributed by atoms with E-state index < -0.39 is 0 Å². The Morgan fingerprint density at radius 3 is 2.55 bits per heavy atom. The number of anilines is 1. The summed E-state index contributed by atoms with van der Waals surface area (Å²) in [5, 5.41) is 4.10. The van der Waals surface area contributed by atoms with Gasteiger partial charge in [-0.2, -0.15) is 20.1 Å². The molecule has 6 nitrogen and oxygen atoms in total. The Balaban J connectivity index is 2.04. The summed E-state index contributed by atoms with van der Waals surface area (Å²) in [4.78, 5) is 12.7. The first-order chi connectivity index (χ1) is 9.76. The number of benzene rings is 1. The van der Waals surface area contributed by atoms with Crippen molar-refractivity contribution >= 4 is 5.95 Å². The minimum absolute atomic E-state index is 0.181. The van der Waals surface area contributed by atoms with Gasteiger partial charge in [0.25, 0.3) is 5.95 Å². The fourth-order valence-electron chi connectivity index (χ4n) is 1.89. The van der Waals surface area contributed by atoms with Crippen LogP contribution in [0, 0.1) is 0 Å². The molecule has 1 aromatic carbocycles. The van der Waals surface area contributed by atoms with Gasteiger partial charge in [-0.1, -0.05) is 31.2 Å². The lowest BCUT2D eigenvalue weighted by Gasteiger charge is -2.05. The lowest BCUT2D eigenvalue weighted by atomic mass is 10.1. The van der Waals surface area contributed by atoms with Crippen molar-refractivity contribution in [1.82, 2.24) is 24.7 Å². The Morgan fingerprint density at radius 2 is 1.90 bits per heavy atom. The highest BCUT2D eigenvalue weighted by Gasteiger charge is 2.08. The molecule has 0 spiro atoms. The molecule has 2 N–H and O–H groups in total. The van der Waals surface area contributed by atoms with Crippen molar-refractivity contribution in [1.29, 1.82) is 0 Å². The molecule has 3 aromatic rings. The predicted octanol–water partition coefficient (Wildman–Crippen LogP) is 1.87. The zero-order valence-corrected chi connectivity index (χ0v) is 11.1. The topological polar surface area (TPSA) is 82.5 Å². The van der Waals surface area contributed by atoms with E-state index in [1.165, 1.54) is 5.56 Å². The molecule has 6 heteroatoms. The predicted molar refractivity (Wildman–Crippen MR) is 76.2 cm³/mol. The van der Waals surface area contributed by atoms with Crippen LogP contribution in [0.3, 0.4) is 0 Å². The zero-order chi connectivity index (χ0) is 13.9. The summed E-state index contributed by atoms with van der Waals surface area (Å²) in [6.45, 7) is 2.12. The maximum Gasteiger partial charge on any atom is 0.255 e. The van der Waals surface area contributed by atoms with E-state index in [0.29, 0.717) is 11.8 Å². The Morgan fingerprint density at radius 1 is 1.10 bits per heavy atom. The van der Waals surface area contributed by atoms with Gasteiger partial charge in [-0.25, -0.2) is 4.68 Å². The summed E-state index contributed by atoms with van der Waals surface area (Å²) in [7, 11) is 0. The molecule has 0 aliphatic heterocycles. The first kappa shape index (κ1) is 12.3. The van der Waals surface area contributed by atoms with Gasteiger partial charge in [-0.15, -0.1) is 0 Å². The molecule has 0 saturated heterocycles. The summed E-state index contributed by atoms with van der Waals surface area (Å²) in [5.74, 6) is 1.14. The van der Waals surface area contributed by atoms with Gasteiger partial charge in [0.15, 0.2) is 5.82 Å². The van der Waals surface area contributed by atoms with Crippen molar-refractivity contribution in [3.05, 3.63) is 48.3 Å². The van der Waals surface area contributed by atoms with E-state index >= 15 is 0 Å². The van der Waals surface area contributed by atoms with Crippen molar-refractivity contribution in [3.63, 3.8) is 0 Å². The van der Waals surface area contributed by atoms with Gasteiger partial charge in [0, 0.05) is 18.0 Å². The van der Waals surface area contributed by atoms with Crippen LogP contribution in [0.1, 0.15) is 12.5 Å². The van der Waals surface area contributed by atoms with Crippen LogP contribution < -0.4 is 5.73 Å². The van der Waals surface area contributed by atoms with Crippen LogP contribution in [-0.4, -0.2) is 24.7 Å². The molecule has 0 aliphatic carbocycles. The molecule has 0 amide bonds. The third kappa shape index (κ3) is 2.35. The zero-order valence-electron chi connectivity index (χ0n) is 11.1. The largest absolute Gasteiger partial charge is 0.368 e. The Kier molecular flexibility index (Phi) is 3.12. The minimum atomic E-state index is 0.181. The summed E-state index contributed by atoms with van der Waals surface area (Å²) in [6.07, 6.45) is 4.42. The molecule has 2 aromatic heterocycles. The first-order valence-electron chi connectivity index (χ1n) is 6.37. The molecule has 2 heterocycles. The average molecular weight is 266 g/mol. The van der Waals surface area contributed by atoms with Gasteiger partial charge in [0.05, 0.1) is 0 Å². The molecular weight excluding hydrogens is 252 g/mol. The van der Waals surface area contributed by atoms with Crippen LogP contribution in [-0.2, 0) is 6.42 Å². The highest BCUT2D eigenvalue weighted by Crippen LogP contribution is 2.17. The van der Waals surface area contributed by atoms with Crippen molar-refractivity contribution in [2.24, 2.45) is 0 Å². The SMILES string of the molecule is CCc1ccc(-c2nc(N)nc(-n3cccn3)n2)cc1. The molecule has 0 atom stereocenters. The van der Waals surface area contributed by atoms with Gasteiger partial charge in [-0.3, -0.25) is 0 Å². The monoisotopic (exact) mass is 266 g/mol. The number of nitrogen functional groups attached to an aromatic ring is 1. The normalized spacial score (nSPS) is 10.7. The molecule has 0 bridgehead atoms. The molecule has 0 fully saturated rings. The quantitative estimate of drug-likeness (QED) is 0.782. The molecule has 0 saturated carbocycles.